The van der Waals surface area contributed by atoms with Gasteiger partial charge in [0.1, 0.15) is 5.78 Å². The first-order valence-electron chi connectivity index (χ1n) is 12.4. The van der Waals surface area contributed by atoms with Gasteiger partial charge in [-0.1, -0.05) is 86.2 Å². The first kappa shape index (κ1) is 19.9. The van der Waals surface area contributed by atoms with E-state index in [-0.39, 0.29) is 11.3 Å². The minimum absolute atomic E-state index is 0.0772. The fourth-order valence-corrected chi connectivity index (χ4v) is 6.28. The Morgan fingerprint density at radius 2 is 1.56 bits per heavy atom. The van der Waals surface area contributed by atoms with Gasteiger partial charge in [-0.2, -0.15) is 0 Å². The standard InChI is InChI=1S/C32H27NO/c1-32(2)29(31(32)34)23-14-12-20-15-16-25-28(22-13-11-19-7-3-4-8-21(19)17-22)24-9-5-6-10-27(24)33-30(25)26(20)18-23/h3-10,15-18,29H,11-14H2,1-2H3. The smallest absolute Gasteiger partial charge is 0.147 e. The number of fused-ring (bicyclic) bond motifs is 5. The Balaban J connectivity index is 1.50. The molecule has 166 valence electrons. The summed E-state index contributed by atoms with van der Waals surface area (Å²) in [4.78, 5) is 17.7. The number of nitrogens with zero attached hydrogens (tertiary/aromatic N) is 1. The molecule has 7 rings (SSSR count). The molecule has 1 fully saturated rings. The van der Waals surface area contributed by atoms with Gasteiger partial charge in [0.05, 0.1) is 17.0 Å². The van der Waals surface area contributed by atoms with Crippen molar-refractivity contribution in [2.24, 2.45) is 11.3 Å². The highest BCUT2D eigenvalue weighted by atomic mass is 16.1. The second kappa shape index (κ2) is 6.99. The predicted molar refractivity (Wildman–Crippen MR) is 140 cm³/mol. The summed E-state index contributed by atoms with van der Waals surface area (Å²) in [6.07, 6.45) is 8.73. The van der Waals surface area contributed by atoms with Crippen molar-refractivity contribution >= 4 is 45.3 Å². The molecule has 4 aromatic rings. The molecule has 0 aliphatic heterocycles. The van der Waals surface area contributed by atoms with E-state index in [2.05, 4.69) is 86.7 Å². The SMILES string of the molecule is CC1(C)C(=O)C1C1=Cc2c(ccc3c(C4=Cc5ccccc5CC4)c4ccccc4nc23)CC1. The largest absolute Gasteiger partial charge is 0.298 e. The van der Waals surface area contributed by atoms with Crippen LogP contribution < -0.4 is 0 Å². The van der Waals surface area contributed by atoms with Crippen LogP contribution >= 0.6 is 0 Å². The van der Waals surface area contributed by atoms with Crippen molar-refractivity contribution in [3.63, 3.8) is 0 Å². The Bertz CT molecular complexity index is 1600. The number of rotatable bonds is 2. The van der Waals surface area contributed by atoms with Crippen molar-refractivity contribution in [1.29, 1.82) is 0 Å². The average Bonchev–Trinajstić information content (AvgIpc) is 3.38. The third kappa shape index (κ3) is 2.81. The highest BCUT2D eigenvalue weighted by Gasteiger charge is 2.58. The van der Waals surface area contributed by atoms with Crippen LogP contribution in [0.25, 0.3) is 39.5 Å². The molecule has 0 N–H and O–H groups in total. The number of para-hydroxylation sites is 1. The fraction of sp³-hybridized carbons (Fsp3) is 0.250. The summed E-state index contributed by atoms with van der Waals surface area (Å²) in [5.74, 6) is 0.459. The summed E-state index contributed by atoms with van der Waals surface area (Å²) in [7, 11) is 0. The first-order chi connectivity index (χ1) is 16.5. The van der Waals surface area contributed by atoms with Crippen LogP contribution in [0, 0.1) is 11.3 Å². The molecule has 1 heterocycles. The number of allylic oxidation sites excluding steroid dienone is 2. The highest BCUT2D eigenvalue weighted by molar-refractivity contribution is 6.11. The number of aryl methyl sites for hydroxylation is 2. The molecule has 34 heavy (non-hydrogen) atoms. The van der Waals surface area contributed by atoms with E-state index in [4.69, 9.17) is 4.98 Å². The number of pyridine rings is 1. The number of hydrogen-bond donors (Lipinski definition) is 0. The predicted octanol–water partition coefficient (Wildman–Crippen LogP) is 7.43. The highest BCUT2D eigenvalue weighted by Crippen LogP contribution is 2.54. The van der Waals surface area contributed by atoms with Gasteiger partial charge < -0.3 is 0 Å². The maximum atomic E-state index is 12.5. The molecule has 0 radical (unpaired) electrons. The number of ketones is 1. The summed E-state index contributed by atoms with van der Waals surface area (Å²) in [5, 5.41) is 2.45. The lowest BCUT2D eigenvalue weighted by atomic mass is 9.83. The summed E-state index contributed by atoms with van der Waals surface area (Å²) >= 11 is 0. The van der Waals surface area contributed by atoms with Gasteiger partial charge >= 0.3 is 0 Å². The Morgan fingerprint density at radius 3 is 2.41 bits per heavy atom. The van der Waals surface area contributed by atoms with E-state index < -0.39 is 0 Å². The van der Waals surface area contributed by atoms with E-state index in [1.165, 1.54) is 49.7 Å². The quantitative estimate of drug-likeness (QED) is 0.303. The molecule has 1 atom stereocenters. The molecule has 0 spiro atoms. The summed E-state index contributed by atoms with van der Waals surface area (Å²) < 4.78 is 0. The van der Waals surface area contributed by atoms with Gasteiger partial charge in [0.15, 0.2) is 0 Å². The summed E-state index contributed by atoms with van der Waals surface area (Å²) in [6, 6.07) is 21.9. The Kier molecular flexibility index (Phi) is 4.09. The zero-order valence-corrected chi connectivity index (χ0v) is 19.7. The van der Waals surface area contributed by atoms with Gasteiger partial charge in [0.25, 0.3) is 0 Å². The lowest BCUT2D eigenvalue weighted by molar-refractivity contribution is -0.112. The second-order valence-electron chi connectivity index (χ2n) is 10.6. The number of carbonyl (C=O) groups excluding carboxylic acids is 1. The molecule has 3 aliphatic rings. The fourth-order valence-electron chi connectivity index (χ4n) is 6.28. The molecular weight excluding hydrogens is 414 g/mol. The second-order valence-corrected chi connectivity index (χ2v) is 10.6. The molecule has 3 aliphatic carbocycles. The molecule has 2 nitrogen and oxygen atoms in total. The van der Waals surface area contributed by atoms with Crippen LogP contribution in [0.2, 0.25) is 0 Å². The van der Waals surface area contributed by atoms with Gasteiger partial charge in [-0.15, -0.1) is 0 Å². The number of benzene rings is 3. The van der Waals surface area contributed by atoms with E-state index in [1.54, 1.807) is 0 Å². The molecule has 0 saturated heterocycles. The van der Waals surface area contributed by atoms with Crippen LogP contribution in [0.1, 0.15) is 54.5 Å². The van der Waals surface area contributed by atoms with Crippen molar-refractivity contribution in [3.05, 3.63) is 94.1 Å². The van der Waals surface area contributed by atoms with Gasteiger partial charge in [0.2, 0.25) is 0 Å². The van der Waals surface area contributed by atoms with Crippen LogP contribution in [0.3, 0.4) is 0 Å². The third-order valence-electron chi connectivity index (χ3n) is 8.27. The van der Waals surface area contributed by atoms with E-state index in [0.717, 1.165) is 36.7 Å². The van der Waals surface area contributed by atoms with Crippen molar-refractivity contribution in [1.82, 2.24) is 4.98 Å². The maximum absolute atomic E-state index is 12.5. The van der Waals surface area contributed by atoms with E-state index in [0.29, 0.717) is 5.78 Å². The molecule has 3 aromatic carbocycles. The molecule has 1 aromatic heterocycles. The van der Waals surface area contributed by atoms with Crippen molar-refractivity contribution in [3.8, 4) is 0 Å². The number of hydrogen-bond acceptors (Lipinski definition) is 2. The van der Waals surface area contributed by atoms with Crippen LogP contribution in [0.5, 0.6) is 0 Å². The summed E-state index contributed by atoms with van der Waals surface area (Å²) in [6.45, 7) is 4.16. The maximum Gasteiger partial charge on any atom is 0.147 e. The Morgan fingerprint density at radius 1 is 0.794 bits per heavy atom. The van der Waals surface area contributed by atoms with Gasteiger partial charge in [0, 0.05) is 21.8 Å². The number of Topliss-reactive ketones (excluding diaryl/α,β-unsaturated/α-hetero) is 1. The van der Waals surface area contributed by atoms with Crippen molar-refractivity contribution in [2.45, 2.75) is 39.5 Å². The lowest BCUT2D eigenvalue weighted by Gasteiger charge is -2.22. The average molecular weight is 442 g/mol. The van der Waals surface area contributed by atoms with Gasteiger partial charge in [-0.3, -0.25) is 4.79 Å². The lowest BCUT2D eigenvalue weighted by Crippen LogP contribution is -2.06. The molecule has 1 unspecified atom stereocenters. The van der Waals surface area contributed by atoms with Gasteiger partial charge in [-0.25, -0.2) is 4.98 Å². The Labute approximate surface area is 200 Å². The van der Waals surface area contributed by atoms with Crippen molar-refractivity contribution < 1.29 is 4.79 Å². The summed E-state index contributed by atoms with van der Waals surface area (Å²) in [5.41, 5.74) is 11.2. The van der Waals surface area contributed by atoms with Crippen LogP contribution in [0.15, 0.2) is 66.2 Å². The normalized spacial score (nSPS) is 20.5. The molecule has 2 heteroatoms. The number of carbonyl (C=O) groups is 1. The van der Waals surface area contributed by atoms with Crippen LogP contribution in [-0.2, 0) is 17.6 Å². The zero-order chi connectivity index (χ0) is 23.0. The molecular formula is C32H27NO. The minimum Gasteiger partial charge on any atom is -0.298 e. The van der Waals surface area contributed by atoms with Crippen molar-refractivity contribution in [2.75, 3.05) is 0 Å². The molecule has 0 amide bonds. The topological polar surface area (TPSA) is 30.0 Å². The van der Waals surface area contributed by atoms with Gasteiger partial charge in [-0.05, 0) is 59.6 Å². The molecule has 0 bridgehead atoms. The third-order valence-corrected chi connectivity index (χ3v) is 8.27. The number of aromatic nitrogens is 1. The van der Waals surface area contributed by atoms with E-state index >= 15 is 0 Å². The van der Waals surface area contributed by atoms with Crippen LogP contribution in [-0.4, -0.2) is 10.8 Å². The Hall–Kier alpha value is -3.52. The van der Waals surface area contributed by atoms with E-state index in [9.17, 15) is 4.79 Å². The van der Waals surface area contributed by atoms with E-state index in [1.807, 2.05) is 0 Å². The monoisotopic (exact) mass is 441 g/mol. The minimum atomic E-state index is -0.209. The zero-order valence-electron chi connectivity index (χ0n) is 19.7. The first-order valence-corrected chi connectivity index (χ1v) is 12.4. The molecule has 1 saturated carbocycles. The van der Waals surface area contributed by atoms with Crippen LogP contribution in [0.4, 0.5) is 0 Å².